The van der Waals surface area contributed by atoms with Gasteiger partial charge in [-0.05, 0) is 56.2 Å². The van der Waals surface area contributed by atoms with Crippen molar-refractivity contribution in [2.24, 2.45) is 0 Å². The number of benzene rings is 1. The largest absolute Gasteiger partial charge is 0.497 e. The lowest BCUT2D eigenvalue weighted by molar-refractivity contribution is -0.131. The third kappa shape index (κ3) is 5.89. The summed E-state index contributed by atoms with van der Waals surface area (Å²) in [6.07, 6.45) is 8.71. The summed E-state index contributed by atoms with van der Waals surface area (Å²) in [5.74, 6) is 1.26. The summed E-state index contributed by atoms with van der Waals surface area (Å²) < 4.78 is 5.18. The van der Waals surface area contributed by atoms with Crippen LogP contribution in [0.5, 0.6) is 5.75 Å². The molecule has 1 N–H and O–H groups in total. The Morgan fingerprint density at radius 2 is 1.88 bits per heavy atom. The molecule has 0 aliphatic carbocycles. The van der Waals surface area contributed by atoms with Crippen molar-refractivity contribution < 1.29 is 9.53 Å². The Morgan fingerprint density at radius 3 is 2.64 bits per heavy atom. The molecule has 4 nitrogen and oxygen atoms in total. The van der Waals surface area contributed by atoms with Crippen molar-refractivity contribution >= 4 is 18.3 Å². The van der Waals surface area contributed by atoms with Gasteiger partial charge in [0.2, 0.25) is 5.91 Å². The second-order valence-electron chi connectivity index (χ2n) is 7.18. The second kappa shape index (κ2) is 10.0. The van der Waals surface area contributed by atoms with E-state index in [-0.39, 0.29) is 12.4 Å². The summed E-state index contributed by atoms with van der Waals surface area (Å²) in [6, 6.07) is 9.47. The minimum absolute atomic E-state index is 0. The number of fused-ring (bicyclic) bond motifs is 2. The van der Waals surface area contributed by atoms with Gasteiger partial charge in [-0.2, -0.15) is 0 Å². The number of nitrogens with one attached hydrogen (secondary N) is 1. The number of carbonyl (C=O) groups excluding carboxylic acids is 1. The predicted molar refractivity (Wildman–Crippen MR) is 104 cm³/mol. The topological polar surface area (TPSA) is 41.6 Å². The highest BCUT2D eigenvalue weighted by atomic mass is 35.5. The maximum Gasteiger partial charge on any atom is 0.222 e. The molecule has 2 atom stereocenters. The van der Waals surface area contributed by atoms with Crippen LogP contribution in [0.4, 0.5) is 0 Å². The van der Waals surface area contributed by atoms with Gasteiger partial charge in [0.05, 0.1) is 7.11 Å². The average Bonchev–Trinajstić information content (AvgIpc) is 2.93. The highest BCUT2D eigenvalue weighted by Gasteiger charge is 2.30. The molecule has 3 rings (SSSR count). The number of hydrogen-bond acceptors (Lipinski definition) is 3. The Morgan fingerprint density at radius 1 is 1.12 bits per heavy atom. The number of rotatable bonds is 7. The Kier molecular flexibility index (Phi) is 8.04. The molecule has 2 aliphatic rings. The van der Waals surface area contributed by atoms with Gasteiger partial charge in [-0.3, -0.25) is 4.79 Å². The monoisotopic (exact) mass is 366 g/mol. The first-order valence-corrected chi connectivity index (χ1v) is 9.41. The summed E-state index contributed by atoms with van der Waals surface area (Å²) in [5, 5.41) is 3.64. The first-order valence-electron chi connectivity index (χ1n) is 9.41. The van der Waals surface area contributed by atoms with Crippen molar-refractivity contribution in [2.75, 3.05) is 20.2 Å². The molecule has 5 heteroatoms. The van der Waals surface area contributed by atoms with Gasteiger partial charge >= 0.3 is 0 Å². The Hall–Kier alpha value is -1.26. The quantitative estimate of drug-likeness (QED) is 0.750. The van der Waals surface area contributed by atoms with Gasteiger partial charge in [-0.1, -0.05) is 18.6 Å². The predicted octanol–water partition coefficient (Wildman–Crippen LogP) is 3.57. The molecule has 2 unspecified atom stereocenters. The van der Waals surface area contributed by atoms with Crippen molar-refractivity contribution in [3.05, 3.63) is 29.8 Å². The van der Waals surface area contributed by atoms with E-state index in [2.05, 4.69) is 22.3 Å². The molecular formula is C20H31ClN2O2. The Balaban J connectivity index is 0.00000225. The molecule has 25 heavy (non-hydrogen) atoms. The molecule has 2 heterocycles. The van der Waals surface area contributed by atoms with E-state index in [9.17, 15) is 4.79 Å². The van der Waals surface area contributed by atoms with Gasteiger partial charge in [-0.25, -0.2) is 0 Å². The maximum absolute atomic E-state index is 12.4. The van der Waals surface area contributed by atoms with Crippen molar-refractivity contribution in [1.82, 2.24) is 10.2 Å². The number of carbonyl (C=O) groups is 1. The molecule has 140 valence electrons. The Labute approximate surface area is 157 Å². The van der Waals surface area contributed by atoms with Gasteiger partial charge < -0.3 is 15.0 Å². The second-order valence-corrected chi connectivity index (χ2v) is 7.18. The van der Waals surface area contributed by atoms with Crippen LogP contribution >= 0.6 is 12.4 Å². The van der Waals surface area contributed by atoms with Crippen LogP contribution in [-0.4, -0.2) is 43.1 Å². The molecule has 0 saturated carbocycles. The van der Waals surface area contributed by atoms with E-state index in [0.717, 1.165) is 50.9 Å². The van der Waals surface area contributed by atoms with E-state index in [1.807, 2.05) is 12.1 Å². The molecule has 0 aromatic heterocycles. The molecule has 1 aromatic rings. The van der Waals surface area contributed by atoms with Crippen LogP contribution in [0.3, 0.4) is 0 Å². The third-order valence-electron chi connectivity index (χ3n) is 5.39. The Bertz CT molecular complexity index is 535. The van der Waals surface area contributed by atoms with Crippen molar-refractivity contribution in [3.63, 3.8) is 0 Å². The zero-order valence-electron chi connectivity index (χ0n) is 15.2. The summed E-state index contributed by atoms with van der Waals surface area (Å²) in [6.45, 7) is 1.86. The number of likely N-dealkylation sites (tertiary alicyclic amines) is 1. The van der Waals surface area contributed by atoms with Crippen LogP contribution in [-0.2, 0) is 11.2 Å². The fourth-order valence-electron chi connectivity index (χ4n) is 3.90. The van der Waals surface area contributed by atoms with Gasteiger partial charge in [-0.15, -0.1) is 12.4 Å². The first-order chi connectivity index (χ1) is 11.7. The highest BCUT2D eigenvalue weighted by molar-refractivity contribution is 5.85. The number of unbranched alkanes of at least 4 members (excludes halogenated alkanes) is 2. The lowest BCUT2D eigenvalue weighted by atomic mass is 10.0. The number of methoxy groups -OCH3 is 1. The number of amides is 1. The minimum atomic E-state index is 0. The zero-order chi connectivity index (χ0) is 16.8. The summed E-state index contributed by atoms with van der Waals surface area (Å²) in [7, 11) is 1.69. The van der Waals surface area contributed by atoms with Crippen molar-refractivity contribution in [2.45, 2.75) is 63.5 Å². The molecule has 2 aliphatic heterocycles. The van der Waals surface area contributed by atoms with Gasteiger partial charge in [0, 0.05) is 31.6 Å². The van der Waals surface area contributed by atoms with Crippen molar-refractivity contribution in [1.29, 1.82) is 0 Å². The minimum Gasteiger partial charge on any atom is -0.497 e. The van der Waals surface area contributed by atoms with E-state index in [0.29, 0.717) is 24.4 Å². The number of aryl methyl sites for hydroxylation is 1. The smallest absolute Gasteiger partial charge is 0.222 e. The third-order valence-corrected chi connectivity index (χ3v) is 5.39. The molecule has 2 bridgehead atoms. The normalized spacial score (nSPS) is 22.2. The van der Waals surface area contributed by atoms with Crippen LogP contribution in [0.15, 0.2) is 24.3 Å². The fourth-order valence-corrected chi connectivity index (χ4v) is 3.90. The number of hydrogen-bond donors (Lipinski definition) is 1. The maximum atomic E-state index is 12.4. The van der Waals surface area contributed by atoms with Crippen LogP contribution in [0.1, 0.15) is 50.5 Å². The number of ether oxygens (including phenoxy) is 1. The van der Waals surface area contributed by atoms with E-state index in [4.69, 9.17) is 4.74 Å². The summed E-state index contributed by atoms with van der Waals surface area (Å²) >= 11 is 0. The molecule has 1 amide bonds. The van der Waals surface area contributed by atoms with Gasteiger partial charge in [0.25, 0.3) is 0 Å². The first kappa shape index (κ1) is 20.1. The van der Waals surface area contributed by atoms with E-state index < -0.39 is 0 Å². The lowest BCUT2D eigenvalue weighted by Crippen LogP contribution is -2.38. The van der Waals surface area contributed by atoms with E-state index >= 15 is 0 Å². The van der Waals surface area contributed by atoms with Gasteiger partial charge in [0.15, 0.2) is 0 Å². The van der Waals surface area contributed by atoms with Crippen LogP contribution in [0.25, 0.3) is 0 Å². The van der Waals surface area contributed by atoms with Crippen LogP contribution in [0.2, 0.25) is 0 Å². The van der Waals surface area contributed by atoms with Crippen molar-refractivity contribution in [3.8, 4) is 5.75 Å². The molecule has 2 saturated heterocycles. The summed E-state index contributed by atoms with van der Waals surface area (Å²) in [5.41, 5.74) is 1.34. The highest BCUT2D eigenvalue weighted by Crippen LogP contribution is 2.21. The van der Waals surface area contributed by atoms with Crippen LogP contribution in [0, 0.1) is 0 Å². The fraction of sp³-hybridized carbons (Fsp3) is 0.650. The molecule has 0 spiro atoms. The zero-order valence-corrected chi connectivity index (χ0v) is 16.0. The van der Waals surface area contributed by atoms with Gasteiger partial charge in [0.1, 0.15) is 5.75 Å². The summed E-state index contributed by atoms with van der Waals surface area (Å²) in [4.78, 5) is 14.5. The number of nitrogens with zero attached hydrogens (tertiary/aromatic N) is 1. The molecule has 0 radical (unpaired) electrons. The van der Waals surface area contributed by atoms with Crippen LogP contribution < -0.4 is 10.1 Å². The lowest BCUT2D eigenvalue weighted by Gasteiger charge is -2.24. The molecular weight excluding hydrogens is 336 g/mol. The molecule has 1 aromatic carbocycles. The SMILES string of the molecule is COc1ccc(CCCCCC(=O)N2CCC3CCC(C2)N3)cc1.Cl. The molecule has 2 fully saturated rings. The average molecular weight is 367 g/mol. The number of halogens is 1. The standard InChI is InChI=1S/C20H30N2O2.ClH/c1-24-19-11-7-16(8-12-19)5-3-2-4-6-20(23)22-14-13-17-9-10-18(15-22)21-17;/h7-8,11-12,17-18,21H,2-6,9-10,13-15H2,1H3;1H. The van der Waals surface area contributed by atoms with E-state index in [1.165, 1.54) is 18.4 Å². The van der Waals surface area contributed by atoms with E-state index in [1.54, 1.807) is 7.11 Å².